The molecule has 0 bridgehead atoms. The van der Waals surface area contributed by atoms with Crippen molar-refractivity contribution >= 4 is 18.0 Å². The molecule has 7 nitrogen and oxygen atoms in total. The van der Waals surface area contributed by atoms with Crippen LogP contribution in [0.4, 0.5) is 4.79 Å². The maximum absolute atomic E-state index is 12.2. The van der Waals surface area contributed by atoms with Gasteiger partial charge < -0.3 is 19.9 Å². The topological polar surface area (TPSA) is 102 Å². The van der Waals surface area contributed by atoms with Crippen LogP contribution in [0.1, 0.15) is 42.9 Å². The van der Waals surface area contributed by atoms with Gasteiger partial charge in [-0.1, -0.05) is 55.8 Å². The summed E-state index contributed by atoms with van der Waals surface area (Å²) in [5.41, 5.74) is 5.50. The van der Waals surface area contributed by atoms with E-state index in [2.05, 4.69) is 17.4 Å². The number of fused-ring (bicyclic) bond motifs is 3. The second-order valence-electron chi connectivity index (χ2n) is 7.17. The number of hydrogen-bond donors (Lipinski definition) is 2. The number of esters is 1. The van der Waals surface area contributed by atoms with Gasteiger partial charge in [-0.05, 0) is 40.7 Å². The molecular weight excluding hydrogens is 386 g/mol. The van der Waals surface area contributed by atoms with E-state index in [-0.39, 0.29) is 13.2 Å². The third-order valence-electron chi connectivity index (χ3n) is 5.00. The summed E-state index contributed by atoms with van der Waals surface area (Å²) in [4.78, 5) is 35.4. The van der Waals surface area contributed by atoms with Gasteiger partial charge in [0, 0.05) is 0 Å². The molecule has 0 aliphatic heterocycles. The molecule has 1 atom stereocenters. The van der Waals surface area contributed by atoms with Crippen molar-refractivity contribution in [3.8, 4) is 11.1 Å². The monoisotopic (exact) mass is 411 g/mol. The predicted molar refractivity (Wildman–Crippen MR) is 110 cm³/mol. The van der Waals surface area contributed by atoms with Crippen molar-refractivity contribution < 1.29 is 29.0 Å². The van der Waals surface area contributed by atoms with Gasteiger partial charge in [0.1, 0.15) is 12.6 Å². The van der Waals surface area contributed by atoms with E-state index in [4.69, 9.17) is 14.6 Å². The van der Waals surface area contributed by atoms with E-state index in [1.165, 1.54) is 11.1 Å². The van der Waals surface area contributed by atoms with Gasteiger partial charge in [0.15, 0.2) is 0 Å². The van der Waals surface area contributed by atoms with Gasteiger partial charge in [0.2, 0.25) is 0 Å². The number of unbranched alkanes of at least 4 members (excludes halogenated alkanes) is 1. The van der Waals surface area contributed by atoms with Gasteiger partial charge in [-0.3, -0.25) is 4.79 Å². The summed E-state index contributed by atoms with van der Waals surface area (Å²) in [6, 6.07) is 12.7. The Morgan fingerprint density at radius 2 is 1.83 bits per heavy atom. The normalized spacial score (nSPS) is 12.4. The highest BCUT2D eigenvalue weighted by Crippen LogP contribution is 2.38. The van der Waals surface area contributed by atoms with Crippen molar-refractivity contribution in [1.29, 1.82) is 0 Å². The third-order valence-corrected chi connectivity index (χ3v) is 5.00. The van der Waals surface area contributed by atoms with Gasteiger partial charge in [0.05, 0.1) is 13.0 Å². The maximum Gasteiger partial charge on any atom is 0.408 e. The molecule has 0 unspecified atom stereocenters. The number of ether oxygens (including phenoxy) is 2. The number of amides is 1. The molecule has 2 aromatic rings. The number of carboxylic acid groups (broad SMARTS) is 1. The Balaban J connectivity index is 1.61. The second kappa shape index (κ2) is 9.91. The van der Waals surface area contributed by atoms with Crippen LogP contribution in [0, 0.1) is 0 Å². The van der Waals surface area contributed by atoms with E-state index in [0.717, 1.165) is 29.5 Å². The first-order chi connectivity index (χ1) is 14.5. The highest BCUT2D eigenvalue weighted by molar-refractivity contribution is 5.85. The number of nitrogens with one attached hydrogen (secondary N) is 1. The Labute approximate surface area is 175 Å². The van der Waals surface area contributed by atoms with Crippen LogP contribution in [-0.2, 0) is 32.1 Å². The molecule has 0 heterocycles. The molecule has 1 aliphatic carbocycles. The standard InChI is InChI=1S/C23H25NO6/c1-2-3-11-29-22(27)20(13-21(25)26)24-23(28)30-14-16-8-6-10-18-17-9-5-4-7-15(17)12-19(16)18/h4-10,20H,2-3,11-14H2,1H3,(H,24,28)(H,25,26)/t20-/m1/s1. The zero-order valence-corrected chi connectivity index (χ0v) is 16.8. The van der Waals surface area contributed by atoms with Crippen molar-refractivity contribution in [3.63, 3.8) is 0 Å². The van der Waals surface area contributed by atoms with Crippen LogP contribution in [0.15, 0.2) is 42.5 Å². The Morgan fingerprint density at radius 3 is 2.60 bits per heavy atom. The number of carbonyl (C=O) groups excluding carboxylic acids is 2. The van der Waals surface area contributed by atoms with Crippen LogP contribution >= 0.6 is 0 Å². The number of benzene rings is 2. The number of aliphatic carboxylic acids is 1. The predicted octanol–water partition coefficient (Wildman–Crippen LogP) is 3.67. The summed E-state index contributed by atoms with van der Waals surface area (Å²) in [6.45, 7) is 2.14. The molecule has 0 aromatic heterocycles. The van der Waals surface area contributed by atoms with Gasteiger partial charge in [-0.25, -0.2) is 9.59 Å². The van der Waals surface area contributed by atoms with E-state index in [1.807, 2.05) is 37.3 Å². The molecule has 2 aromatic carbocycles. The molecular formula is C23H25NO6. The molecule has 3 rings (SSSR count). The Hall–Kier alpha value is -3.35. The van der Waals surface area contributed by atoms with E-state index in [1.54, 1.807) is 0 Å². The minimum Gasteiger partial charge on any atom is -0.481 e. The molecule has 1 aliphatic rings. The number of carboxylic acids is 1. The fourth-order valence-electron chi connectivity index (χ4n) is 3.47. The van der Waals surface area contributed by atoms with E-state index >= 15 is 0 Å². The Bertz CT molecular complexity index is 939. The van der Waals surface area contributed by atoms with Gasteiger partial charge in [0.25, 0.3) is 0 Å². The summed E-state index contributed by atoms with van der Waals surface area (Å²) < 4.78 is 10.3. The number of carbonyl (C=O) groups is 3. The van der Waals surface area contributed by atoms with Crippen LogP contribution in [0.5, 0.6) is 0 Å². The van der Waals surface area contributed by atoms with E-state index < -0.39 is 30.5 Å². The zero-order chi connectivity index (χ0) is 21.5. The molecule has 2 N–H and O–H groups in total. The fraction of sp³-hybridized carbons (Fsp3) is 0.348. The fourth-order valence-corrected chi connectivity index (χ4v) is 3.47. The lowest BCUT2D eigenvalue weighted by Crippen LogP contribution is -2.43. The van der Waals surface area contributed by atoms with E-state index in [9.17, 15) is 14.4 Å². The second-order valence-corrected chi connectivity index (χ2v) is 7.17. The smallest absolute Gasteiger partial charge is 0.408 e. The molecule has 0 fully saturated rings. The van der Waals surface area contributed by atoms with Gasteiger partial charge in [-0.2, -0.15) is 0 Å². The van der Waals surface area contributed by atoms with Crippen LogP contribution in [0.3, 0.4) is 0 Å². The lowest BCUT2D eigenvalue weighted by Gasteiger charge is -2.16. The third kappa shape index (κ3) is 5.17. The van der Waals surface area contributed by atoms with Crippen molar-refractivity contribution in [2.45, 2.75) is 45.3 Å². The number of rotatable bonds is 9. The summed E-state index contributed by atoms with van der Waals surface area (Å²) >= 11 is 0. The lowest BCUT2D eigenvalue weighted by atomic mass is 10.0. The highest BCUT2D eigenvalue weighted by Gasteiger charge is 2.26. The molecule has 7 heteroatoms. The quantitative estimate of drug-likeness (QED) is 0.411. The van der Waals surface area contributed by atoms with Crippen molar-refractivity contribution in [3.05, 3.63) is 59.2 Å². The van der Waals surface area contributed by atoms with Crippen LogP contribution < -0.4 is 5.32 Å². The Morgan fingerprint density at radius 1 is 1.07 bits per heavy atom. The largest absolute Gasteiger partial charge is 0.481 e. The van der Waals surface area contributed by atoms with E-state index in [0.29, 0.717) is 6.42 Å². The van der Waals surface area contributed by atoms with Crippen LogP contribution in [0.2, 0.25) is 0 Å². The minimum absolute atomic E-state index is 0.0215. The summed E-state index contributed by atoms with van der Waals surface area (Å²) in [5, 5.41) is 11.3. The number of alkyl carbamates (subject to hydrolysis) is 1. The average Bonchev–Trinajstić information content (AvgIpc) is 3.11. The molecule has 30 heavy (non-hydrogen) atoms. The highest BCUT2D eigenvalue weighted by atomic mass is 16.6. The summed E-state index contributed by atoms with van der Waals surface area (Å²) in [7, 11) is 0. The minimum atomic E-state index is -1.29. The van der Waals surface area contributed by atoms with Crippen molar-refractivity contribution in [1.82, 2.24) is 5.32 Å². The molecule has 0 saturated carbocycles. The summed E-state index contributed by atoms with van der Waals surface area (Å²) in [6.07, 6.45) is 0.824. The summed E-state index contributed by atoms with van der Waals surface area (Å²) in [5.74, 6) is -2.00. The molecule has 1 amide bonds. The SMILES string of the molecule is CCCCOC(=O)[C@@H](CC(=O)O)NC(=O)OCc1cccc2c1Cc1ccccc1-2. The van der Waals surface area contributed by atoms with Crippen LogP contribution in [0.25, 0.3) is 11.1 Å². The molecule has 158 valence electrons. The van der Waals surface area contributed by atoms with Crippen molar-refractivity contribution in [2.75, 3.05) is 6.61 Å². The first-order valence-corrected chi connectivity index (χ1v) is 10.00. The van der Waals surface area contributed by atoms with Crippen LogP contribution in [-0.4, -0.2) is 35.8 Å². The zero-order valence-electron chi connectivity index (χ0n) is 16.8. The first-order valence-electron chi connectivity index (χ1n) is 10.00. The first kappa shape index (κ1) is 21.4. The molecule has 0 spiro atoms. The number of hydrogen-bond acceptors (Lipinski definition) is 5. The van der Waals surface area contributed by atoms with Crippen molar-refractivity contribution in [2.24, 2.45) is 0 Å². The van der Waals surface area contributed by atoms with Gasteiger partial charge >= 0.3 is 18.0 Å². The maximum atomic E-state index is 12.2. The van der Waals surface area contributed by atoms with Gasteiger partial charge in [-0.15, -0.1) is 0 Å². The molecule has 0 saturated heterocycles. The lowest BCUT2D eigenvalue weighted by molar-refractivity contribution is -0.150. The molecule has 0 radical (unpaired) electrons. The average molecular weight is 411 g/mol. The Kier molecular flexibility index (Phi) is 7.06.